The van der Waals surface area contributed by atoms with Crippen molar-refractivity contribution in [1.29, 1.82) is 0 Å². The predicted molar refractivity (Wildman–Crippen MR) is 87.7 cm³/mol. The van der Waals surface area contributed by atoms with Gasteiger partial charge in [-0.25, -0.2) is 0 Å². The highest BCUT2D eigenvalue weighted by Gasteiger charge is 2.33. The zero-order valence-corrected chi connectivity index (χ0v) is 13.8. The van der Waals surface area contributed by atoms with Crippen molar-refractivity contribution >= 4 is 27.8 Å². The van der Waals surface area contributed by atoms with E-state index in [9.17, 15) is 4.79 Å². The van der Waals surface area contributed by atoms with Crippen LogP contribution in [0.25, 0.3) is 0 Å². The highest BCUT2D eigenvalue weighted by molar-refractivity contribution is 7.18. The molecule has 0 bridgehead atoms. The van der Waals surface area contributed by atoms with Gasteiger partial charge in [0.15, 0.2) is 5.78 Å². The van der Waals surface area contributed by atoms with Crippen LogP contribution in [0, 0.1) is 17.8 Å². The summed E-state index contributed by atoms with van der Waals surface area (Å²) in [5.41, 5.74) is 6.74. The van der Waals surface area contributed by atoms with Crippen molar-refractivity contribution < 1.29 is 4.79 Å². The Hall–Kier alpha value is -1.03. The molecule has 1 aliphatic carbocycles. The Morgan fingerprint density at radius 3 is 2.30 bits per heavy atom. The maximum atomic E-state index is 12.2. The Kier molecular flexibility index (Phi) is 4.74. The first-order valence-corrected chi connectivity index (χ1v) is 8.38. The summed E-state index contributed by atoms with van der Waals surface area (Å²) in [7, 11) is 0. The Bertz CT molecular complexity index is 465. The molecule has 2 N–H and O–H groups in total. The minimum atomic E-state index is 0.243. The number of Topliss-reactive ketones (excluding diaryl/α,β-unsaturated/α-hetero) is 1. The Morgan fingerprint density at radius 1 is 1.30 bits per heavy atom. The van der Waals surface area contributed by atoms with Gasteiger partial charge >= 0.3 is 0 Å². The molecule has 0 radical (unpaired) electrons. The van der Waals surface area contributed by atoms with Gasteiger partial charge in [0.25, 0.3) is 0 Å². The third kappa shape index (κ3) is 3.75. The quantitative estimate of drug-likeness (QED) is 0.772. The minimum Gasteiger partial charge on any atom is -0.397 e. The molecular formula is C16H26N2OS. The Labute approximate surface area is 126 Å². The lowest BCUT2D eigenvalue weighted by molar-refractivity contribution is 0.0972. The van der Waals surface area contributed by atoms with Gasteiger partial charge < -0.3 is 10.6 Å². The molecule has 0 unspecified atom stereocenters. The second-order valence-electron chi connectivity index (χ2n) is 6.70. The molecule has 0 aromatic carbocycles. The van der Waals surface area contributed by atoms with Crippen molar-refractivity contribution in [3.63, 3.8) is 0 Å². The highest BCUT2D eigenvalue weighted by Crippen LogP contribution is 2.40. The molecule has 0 saturated heterocycles. The first-order valence-electron chi connectivity index (χ1n) is 7.57. The number of rotatable bonds is 7. The molecule has 1 heterocycles. The number of anilines is 2. The molecule has 112 valence electrons. The molecule has 4 heteroatoms. The van der Waals surface area contributed by atoms with Crippen LogP contribution in [0.15, 0.2) is 6.07 Å². The van der Waals surface area contributed by atoms with Gasteiger partial charge in [-0.1, -0.05) is 27.7 Å². The molecule has 1 saturated carbocycles. The average Bonchev–Trinajstić information content (AvgIpc) is 3.10. The number of hydrogen-bond donors (Lipinski definition) is 1. The summed E-state index contributed by atoms with van der Waals surface area (Å²) in [5, 5.41) is 1.15. The molecule has 0 amide bonds. The number of hydrogen-bond acceptors (Lipinski definition) is 4. The Morgan fingerprint density at radius 2 is 1.85 bits per heavy atom. The monoisotopic (exact) mass is 294 g/mol. The fraction of sp³-hybridized carbons (Fsp3) is 0.688. The second kappa shape index (κ2) is 6.17. The molecule has 2 rings (SSSR count). The number of nitrogens with zero attached hydrogens (tertiary/aromatic N) is 1. The molecular weight excluding hydrogens is 268 g/mol. The maximum absolute atomic E-state index is 12.2. The van der Waals surface area contributed by atoms with E-state index in [0.717, 1.165) is 35.8 Å². The van der Waals surface area contributed by atoms with Crippen LogP contribution in [-0.4, -0.2) is 18.9 Å². The Balaban J connectivity index is 2.19. The summed E-state index contributed by atoms with van der Waals surface area (Å²) < 4.78 is 0. The van der Waals surface area contributed by atoms with Crippen LogP contribution >= 0.6 is 11.3 Å². The normalized spacial score (nSPS) is 15.1. The van der Waals surface area contributed by atoms with Crippen molar-refractivity contribution in [2.45, 2.75) is 40.5 Å². The number of ketones is 1. The van der Waals surface area contributed by atoms with Crippen LogP contribution in [0.3, 0.4) is 0 Å². The van der Waals surface area contributed by atoms with E-state index >= 15 is 0 Å². The van der Waals surface area contributed by atoms with Crippen LogP contribution in [-0.2, 0) is 0 Å². The summed E-state index contributed by atoms with van der Waals surface area (Å²) in [4.78, 5) is 15.4. The minimum absolute atomic E-state index is 0.243. The van der Waals surface area contributed by atoms with Gasteiger partial charge in [-0.3, -0.25) is 4.79 Å². The number of nitrogen functional groups attached to an aromatic ring is 1. The molecule has 1 aliphatic rings. The van der Waals surface area contributed by atoms with Crippen LogP contribution in [0.1, 0.15) is 50.2 Å². The number of nitrogens with two attached hydrogens (primary N) is 1. The number of thiophene rings is 1. The van der Waals surface area contributed by atoms with Crippen LogP contribution in [0.2, 0.25) is 0 Å². The average molecular weight is 294 g/mol. The van der Waals surface area contributed by atoms with Gasteiger partial charge in [0, 0.05) is 19.0 Å². The van der Waals surface area contributed by atoms with Crippen molar-refractivity contribution in [2.24, 2.45) is 17.8 Å². The summed E-state index contributed by atoms with van der Waals surface area (Å²) >= 11 is 1.58. The van der Waals surface area contributed by atoms with E-state index < -0.39 is 0 Å². The summed E-state index contributed by atoms with van der Waals surface area (Å²) in [5.74, 6) is 1.69. The molecule has 1 aromatic rings. The van der Waals surface area contributed by atoms with Gasteiger partial charge in [-0.15, -0.1) is 11.3 Å². The van der Waals surface area contributed by atoms with E-state index in [2.05, 4.69) is 32.6 Å². The largest absolute Gasteiger partial charge is 0.397 e. The summed E-state index contributed by atoms with van der Waals surface area (Å²) in [6.07, 6.45) is 2.07. The van der Waals surface area contributed by atoms with Gasteiger partial charge in [-0.2, -0.15) is 0 Å². The lowest BCUT2D eigenvalue weighted by Crippen LogP contribution is -2.30. The second-order valence-corrected chi connectivity index (χ2v) is 7.73. The molecule has 1 fully saturated rings. The van der Waals surface area contributed by atoms with Crippen molar-refractivity contribution in [3.8, 4) is 0 Å². The van der Waals surface area contributed by atoms with Gasteiger partial charge in [0.1, 0.15) is 0 Å². The fourth-order valence-corrected chi connectivity index (χ4v) is 3.52. The van der Waals surface area contributed by atoms with E-state index in [1.54, 1.807) is 11.3 Å². The van der Waals surface area contributed by atoms with Gasteiger partial charge in [0.05, 0.1) is 15.6 Å². The van der Waals surface area contributed by atoms with Crippen molar-refractivity contribution in [3.05, 3.63) is 10.9 Å². The first kappa shape index (κ1) is 15.4. The molecule has 3 nitrogen and oxygen atoms in total. The molecule has 0 aliphatic heterocycles. The zero-order valence-electron chi connectivity index (χ0n) is 13.0. The third-order valence-electron chi connectivity index (χ3n) is 3.40. The van der Waals surface area contributed by atoms with Crippen LogP contribution in [0.5, 0.6) is 0 Å². The standard InChI is InChI=1S/C16H26N2OS/c1-10(2)8-18(9-11(3)4)14-7-13(17)16(20-14)15(19)12-5-6-12/h7,10-12H,5-6,8-9,17H2,1-4H3. The van der Waals surface area contributed by atoms with Crippen LogP contribution in [0.4, 0.5) is 10.7 Å². The SMILES string of the molecule is CC(C)CN(CC(C)C)c1cc(N)c(C(=O)C2CC2)s1. The lowest BCUT2D eigenvalue weighted by atomic mass is 10.1. The van der Waals surface area contributed by atoms with E-state index in [-0.39, 0.29) is 11.7 Å². The molecule has 20 heavy (non-hydrogen) atoms. The lowest BCUT2D eigenvalue weighted by Gasteiger charge is -2.26. The smallest absolute Gasteiger partial charge is 0.178 e. The van der Waals surface area contributed by atoms with Crippen molar-refractivity contribution in [2.75, 3.05) is 23.7 Å². The van der Waals surface area contributed by atoms with E-state index in [1.807, 2.05) is 6.07 Å². The summed E-state index contributed by atoms with van der Waals surface area (Å²) in [6, 6.07) is 1.99. The highest BCUT2D eigenvalue weighted by atomic mass is 32.1. The van der Waals surface area contributed by atoms with E-state index in [1.165, 1.54) is 0 Å². The first-order chi connectivity index (χ1) is 9.38. The number of carbonyl (C=O) groups is 1. The van der Waals surface area contributed by atoms with E-state index in [4.69, 9.17) is 5.73 Å². The van der Waals surface area contributed by atoms with Gasteiger partial charge in [-0.05, 0) is 30.7 Å². The molecule has 0 atom stereocenters. The molecule has 1 aromatic heterocycles. The predicted octanol–water partition coefficient (Wildman–Crippen LogP) is 4.04. The number of carbonyl (C=O) groups excluding carboxylic acids is 1. The molecule has 0 spiro atoms. The topological polar surface area (TPSA) is 46.3 Å². The van der Waals surface area contributed by atoms with Crippen molar-refractivity contribution in [1.82, 2.24) is 0 Å². The van der Waals surface area contributed by atoms with Crippen LogP contribution < -0.4 is 10.6 Å². The zero-order chi connectivity index (χ0) is 14.9. The van der Waals surface area contributed by atoms with Gasteiger partial charge in [0.2, 0.25) is 0 Å². The fourth-order valence-electron chi connectivity index (χ4n) is 2.41. The maximum Gasteiger partial charge on any atom is 0.178 e. The van der Waals surface area contributed by atoms with E-state index in [0.29, 0.717) is 17.5 Å². The third-order valence-corrected chi connectivity index (χ3v) is 4.63. The summed E-state index contributed by atoms with van der Waals surface area (Å²) in [6.45, 7) is 10.9.